The molecular weight excluding hydrogens is 657 g/mol. The summed E-state index contributed by atoms with van der Waals surface area (Å²) in [5, 5.41) is 5.14. The SMILES string of the molecule is C[n+]1[c-]n(-c2[c-]cc3c4cccc5c6ccccc6n(c3c2)c54)cc1.Cc1ccc(-c2[c-]cccc2)nc1.[Ir+3]. The van der Waals surface area contributed by atoms with Crippen LogP contribution in [0.1, 0.15) is 5.56 Å². The van der Waals surface area contributed by atoms with Crippen molar-refractivity contribution in [3.8, 4) is 16.9 Å². The average Bonchev–Trinajstić information content (AvgIpc) is 3.65. The second kappa shape index (κ2) is 10.1. The van der Waals surface area contributed by atoms with Crippen molar-refractivity contribution in [1.82, 2.24) is 14.0 Å². The van der Waals surface area contributed by atoms with Gasteiger partial charge in [0, 0.05) is 34.9 Å². The fourth-order valence-corrected chi connectivity index (χ4v) is 5.21. The third kappa shape index (κ3) is 4.30. The van der Waals surface area contributed by atoms with E-state index >= 15 is 0 Å². The third-order valence-corrected chi connectivity index (χ3v) is 7.00. The van der Waals surface area contributed by atoms with Crippen LogP contribution >= 0.6 is 0 Å². The summed E-state index contributed by atoms with van der Waals surface area (Å²) >= 11 is 0. The Morgan fingerprint density at radius 1 is 0.795 bits per heavy atom. The maximum atomic E-state index is 4.32. The molecule has 0 atom stereocenters. The van der Waals surface area contributed by atoms with Gasteiger partial charge in [0.1, 0.15) is 0 Å². The Bertz CT molecular complexity index is 2040. The van der Waals surface area contributed by atoms with Crippen LogP contribution in [0.2, 0.25) is 0 Å². The molecule has 5 heteroatoms. The van der Waals surface area contributed by atoms with E-state index in [1.165, 1.54) is 43.7 Å². The predicted octanol–water partition coefficient (Wildman–Crippen LogP) is 6.91. The number of aromatic nitrogens is 4. The molecule has 0 saturated carbocycles. The number of aryl methyl sites for hydroxylation is 2. The number of rotatable bonds is 2. The van der Waals surface area contributed by atoms with Crippen LogP contribution < -0.4 is 4.57 Å². The van der Waals surface area contributed by atoms with Gasteiger partial charge in [-0.3, -0.25) is 0 Å². The van der Waals surface area contributed by atoms with E-state index in [1.54, 1.807) is 0 Å². The van der Waals surface area contributed by atoms with Crippen molar-refractivity contribution in [2.45, 2.75) is 6.92 Å². The van der Waals surface area contributed by atoms with E-state index in [2.05, 4.69) is 88.5 Å². The van der Waals surface area contributed by atoms with Crippen LogP contribution in [0.5, 0.6) is 0 Å². The minimum atomic E-state index is 0. The van der Waals surface area contributed by atoms with Gasteiger partial charge in [-0.2, -0.15) is 12.1 Å². The van der Waals surface area contributed by atoms with Gasteiger partial charge in [-0.25, -0.2) is 0 Å². The molecule has 0 amide bonds. The number of hydrogen-bond acceptors (Lipinski definition) is 1. The zero-order chi connectivity index (χ0) is 25.6. The van der Waals surface area contributed by atoms with Gasteiger partial charge in [0.25, 0.3) is 0 Å². The molecule has 0 N–H and O–H groups in total. The van der Waals surface area contributed by atoms with Crippen molar-refractivity contribution in [1.29, 1.82) is 0 Å². The Morgan fingerprint density at radius 3 is 2.33 bits per heavy atom. The summed E-state index contributed by atoms with van der Waals surface area (Å²) in [6, 6.07) is 38.0. The van der Waals surface area contributed by atoms with Crippen LogP contribution in [0.25, 0.3) is 55.0 Å². The van der Waals surface area contributed by atoms with Gasteiger partial charge in [0.2, 0.25) is 6.33 Å². The van der Waals surface area contributed by atoms with Crippen LogP contribution in [-0.2, 0) is 27.2 Å². The first-order valence-electron chi connectivity index (χ1n) is 12.6. The van der Waals surface area contributed by atoms with Crippen molar-refractivity contribution in [2.75, 3.05) is 0 Å². The normalized spacial score (nSPS) is 11.1. The van der Waals surface area contributed by atoms with Crippen LogP contribution in [0, 0.1) is 25.4 Å². The molecule has 0 aliphatic rings. The summed E-state index contributed by atoms with van der Waals surface area (Å²) < 4.78 is 6.28. The summed E-state index contributed by atoms with van der Waals surface area (Å²) in [5.74, 6) is 0. The smallest absolute Gasteiger partial charge is 0.348 e. The largest absolute Gasteiger partial charge is 3.00 e. The molecule has 4 nitrogen and oxygen atoms in total. The van der Waals surface area contributed by atoms with Crippen molar-refractivity contribution in [3.05, 3.63) is 134 Å². The van der Waals surface area contributed by atoms with Gasteiger partial charge >= 0.3 is 20.1 Å². The summed E-state index contributed by atoms with van der Waals surface area (Å²) in [5.41, 5.74) is 7.96. The molecule has 8 aromatic rings. The maximum Gasteiger partial charge on any atom is 3.00 e. The molecule has 0 radical (unpaired) electrons. The molecule has 39 heavy (non-hydrogen) atoms. The van der Waals surface area contributed by atoms with Crippen molar-refractivity contribution >= 4 is 38.1 Å². The number of imidazole rings is 1. The van der Waals surface area contributed by atoms with Gasteiger partial charge in [-0.15, -0.1) is 47.3 Å². The first-order chi connectivity index (χ1) is 18.7. The van der Waals surface area contributed by atoms with Crippen LogP contribution in [-0.4, -0.2) is 14.0 Å². The second-order valence-corrected chi connectivity index (χ2v) is 9.55. The Balaban J connectivity index is 0.000000169. The van der Waals surface area contributed by atoms with Gasteiger partial charge in [-0.1, -0.05) is 59.7 Å². The fourth-order valence-electron chi connectivity index (χ4n) is 5.21. The van der Waals surface area contributed by atoms with Crippen LogP contribution in [0.15, 0.2) is 110 Å². The summed E-state index contributed by atoms with van der Waals surface area (Å²) in [6.07, 6.45) is 9.11. The summed E-state index contributed by atoms with van der Waals surface area (Å²) in [6.45, 7) is 2.03. The molecule has 0 bridgehead atoms. The molecule has 0 spiro atoms. The monoisotopic (exact) mass is 681 g/mol. The van der Waals surface area contributed by atoms with E-state index in [0.717, 1.165) is 16.9 Å². The number of hydrogen-bond donors (Lipinski definition) is 0. The Kier molecular flexibility index (Phi) is 6.48. The molecular formula is C34H24IrN4+. The standard InChI is InChI=1S/C22H14N3.C12H10N.Ir/c1-23-11-12-24(14-23)15-9-10-17-19-7-4-6-18-16-5-2-3-8-20(16)25(22(18)19)21(17)13-15;1-10-7-8-12(13-9-10)11-5-3-2-4-6-11;/h2-8,10-13H,1H3;2-5,7-9H,1H3;/q2*-1;+3. The number of para-hydroxylation sites is 2. The number of fused-ring (bicyclic) bond motifs is 6. The van der Waals surface area contributed by atoms with E-state index in [-0.39, 0.29) is 20.1 Å². The summed E-state index contributed by atoms with van der Waals surface area (Å²) in [7, 11) is 1.97. The number of benzene rings is 4. The van der Waals surface area contributed by atoms with Crippen molar-refractivity contribution in [2.24, 2.45) is 7.05 Å². The van der Waals surface area contributed by atoms with Gasteiger partial charge < -0.3 is 18.5 Å². The Hall–Kier alpha value is -4.31. The van der Waals surface area contributed by atoms with Crippen LogP contribution in [0.4, 0.5) is 0 Å². The molecule has 0 unspecified atom stereocenters. The Labute approximate surface area is 240 Å². The first-order valence-corrected chi connectivity index (χ1v) is 12.6. The Morgan fingerprint density at radius 2 is 1.59 bits per heavy atom. The molecule has 0 fully saturated rings. The fraction of sp³-hybridized carbons (Fsp3) is 0.0588. The molecule has 0 saturated heterocycles. The van der Waals surface area contributed by atoms with Gasteiger partial charge in [0.15, 0.2) is 0 Å². The zero-order valence-electron chi connectivity index (χ0n) is 21.5. The molecule has 0 aliphatic carbocycles. The summed E-state index contributed by atoms with van der Waals surface area (Å²) in [4.78, 5) is 4.32. The molecule has 4 aromatic heterocycles. The average molecular weight is 681 g/mol. The van der Waals surface area contributed by atoms with E-state index in [9.17, 15) is 0 Å². The molecule has 4 aromatic carbocycles. The zero-order valence-corrected chi connectivity index (χ0v) is 23.9. The van der Waals surface area contributed by atoms with Gasteiger partial charge in [0.05, 0.1) is 12.6 Å². The van der Waals surface area contributed by atoms with E-state index < -0.39 is 0 Å². The van der Waals surface area contributed by atoms with Crippen molar-refractivity contribution in [3.63, 3.8) is 0 Å². The first kappa shape index (κ1) is 25.0. The van der Waals surface area contributed by atoms with E-state index in [4.69, 9.17) is 0 Å². The molecule has 0 aliphatic heterocycles. The minimum absolute atomic E-state index is 0. The second-order valence-electron chi connectivity index (χ2n) is 9.55. The quantitative estimate of drug-likeness (QED) is 0.144. The topological polar surface area (TPSA) is 26.1 Å². The van der Waals surface area contributed by atoms with E-state index in [0.29, 0.717) is 0 Å². The maximum absolute atomic E-state index is 4.32. The van der Waals surface area contributed by atoms with E-state index in [1.807, 2.05) is 72.0 Å². The molecule has 188 valence electrons. The number of pyridine rings is 1. The molecule has 4 heterocycles. The molecule has 8 rings (SSSR count). The minimum Gasteiger partial charge on any atom is -0.348 e. The third-order valence-electron chi connectivity index (χ3n) is 7.00. The van der Waals surface area contributed by atoms with Crippen molar-refractivity contribution < 1.29 is 24.7 Å². The van der Waals surface area contributed by atoms with Crippen LogP contribution in [0.3, 0.4) is 0 Å². The number of nitrogens with zero attached hydrogens (tertiary/aromatic N) is 4. The predicted molar refractivity (Wildman–Crippen MR) is 153 cm³/mol. The van der Waals surface area contributed by atoms with Gasteiger partial charge in [-0.05, 0) is 29.6 Å².